The molecule has 1 aromatic carbocycles. The van der Waals surface area contributed by atoms with Gasteiger partial charge >= 0.3 is 5.97 Å². The third-order valence-corrected chi connectivity index (χ3v) is 4.72. The van der Waals surface area contributed by atoms with Gasteiger partial charge in [-0.15, -0.1) is 0 Å². The molecule has 1 aromatic heterocycles. The molecule has 5 nitrogen and oxygen atoms in total. The van der Waals surface area contributed by atoms with Crippen molar-refractivity contribution in [1.29, 1.82) is 0 Å². The van der Waals surface area contributed by atoms with Gasteiger partial charge in [0.25, 0.3) is 0 Å². The molecule has 3 rings (SSSR count). The molecular formula is C20H23NO4. The lowest BCUT2D eigenvalue weighted by Gasteiger charge is -2.29. The van der Waals surface area contributed by atoms with E-state index >= 15 is 0 Å². The SMILES string of the molecule is Cc1ccc(C2CCCCCN2C(=O)Cc2ccc(C(=O)O)cc2)o1. The predicted molar refractivity (Wildman–Crippen MR) is 93.5 cm³/mol. The summed E-state index contributed by atoms with van der Waals surface area (Å²) in [5, 5.41) is 8.97. The highest BCUT2D eigenvalue weighted by Crippen LogP contribution is 2.31. The van der Waals surface area contributed by atoms with E-state index in [4.69, 9.17) is 9.52 Å². The quantitative estimate of drug-likeness (QED) is 0.913. The summed E-state index contributed by atoms with van der Waals surface area (Å²) < 4.78 is 5.79. The van der Waals surface area contributed by atoms with E-state index in [1.165, 1.54) is 0 Å². The zero-order chi connectivity index (χ0) is 17.8. The third kappa shape index (κ3) is 4.10. The van der Waals surface area contributed by atoms with Gasteiger partial charge in [0.1, 0.15) is 11.5 Å². The smallest absolute Gasteiger partial charge is 0.335 e. The third-order valence-electron chi connectivity index (χ3n) is 4.72. The van der Waals surface area contributed by atoms with E-state index in [1.807, 2.05) is 24.0 Å². The first-order valence-electron chi connectivity index (χ1n) is 8.72. The van der Waals surface area contributed by atoms with Crippen molar-refractivity contribution in [3.05, 3.63) is 59.0 Å². The van der Waals surface area contributed by atoms with E-state index in [9.17, 15) is 9.59 Å². The number of carbonyl (C=O) groups excluding carboxylic acids is 1. The second kappa shape index (κ2) is 7.55. The molecule has 1 unspecified atom stereocenters. The van der Waals surface area contributed by atoms with Crippen LogP contribution in [0, 0.1) is 6.92 Å². The van der Waals surface area contributed by atoms with Crippen molar-refractivity contribution in [2.75, 3.05) is 6.54 Å². The zero-order valence-corrected chi connectivity index (χ0v) is 14.4. The summed E-state index contributed by atoms with van der Waals surface area (Å²) in [7, 11) is 0. The van der Waals surface area contributed by atoms with E-state index in [0.717, 1.165) is 49.3 Å². The largest absolute Gasteiger partial charge is 0.478 e. The van der Waals surface area contributed by atoms with E-state index in [0.29, 0.717) is 0 Å². The van der Waals surface area contributed by atoms with Crippen LogP contribution in [0.15, 0.2) is 40.8 Å². The van der Waals surface area contributed by atoms with Gasteiger partial charge in [-0.2, -0.15) is 0 Å². The lowest BCUT2D eigenvalue weighted by Crippen LogP contribution is -2.35. The van der Waals surface area contributed by atoms with Gasteiger partial charge in [-0.3, -0.25) is 4.79 Å². The maximum Gasteiger partial charge on any atom is 0.335 e. The molecule has 1 saturated heterocycles. The van der Waals surface area contributed by atoms with Gasteiger partial charge < -0.3 is 14.4 Å². The Balaban J connectivity index is 1.76. The monoisotopic (exact) mass is 341 g/mol. The Labute approximate surface area is 147 Å². The number of aromatic carboxylic acids is 1. The molecule has 25 heavy (non-hydrogen) atoms. The number of carbonyl (C=O) groups is 2. The average Bonchev–Trinajstić information content (AvgIpc) is 2.88. The molecule has 1 atom stereocenters. The highest BCUT2D eigenvalue weighted by molar-refractivity contribution is 5.87. The second-order valence-electron chi connectivity index (χ2n) is 6.58. The Morgan fingerprint density at radius 1 is 1.12 bits per heavy atom. The second-order valence-corrected chi connectivity index (χ2v) is 6.58. The summed E-state index contributed by atoms with van der Waals surface area (Å²) in [4.78, 5) is 25.8. The van der Waals surface area contributed by atoms with Gasteiger partial charge in [0.15, 0.2) is 0 Å². The number of likely N-dealkylation sites (tertiary alicyclic amines) is 1. The fourth-order valence-corrected chi connectivity index (χ4v) is 3.38. The molecule has 0 radical (unpaired) electrons. The van der Waals surface area contributed by atoms with Crippen LogP contribution in [0.4, 0.5) is 0 Å². The molecule has 132 valence electrons. The average molecular weight is 341 g/mol. The van der Waals surface area contributed by atoms with Crippen LogP contribution < -0.4 is 0 Å². The Kier molecular flexibility index (Phi) is 5.22. The summed E-state index contributed by atoms with van der Waals surface area (Å²) >= 11 is 0. The van der Waals surface area contributed by atoms with E-state index in [-0.39, 0.29) is 23.9 Å². The Morgan fingerprint density at radius 2 is 1.88 bits per heavy atom. The minimum atomic E-state index is -0.960. The molecule has 0 aliphatic carbocycles. The van der Waals surface area contributed by atoms with Crippen molar-refractivity contribution in [1.82, 2.24) is 4.90 Å². The normalized spacial score (nSPS) is 18.0. The first-order chi connectivity index (χ1) is 12.0. The lowest BCUT2D eigenvalue weighted by molar-refractivity contribution is -0.133. The molecule has 1 fully saturated rings. The zero-order valence-electron chi connectivity index (χ0n) is 14.4. The van der Waals surface area contributed by atoms with Crippen LogP contribution in [-0.4, -0.2) is 28.4 Å². The van der Waals surface area contributed by atoms with Gasteiger partial charge in [-0.1, -0.05) is 25.0 Å². The molecule has 1 aliphatic heterocycles. The van der Waals surface area contributed by atoms with Gasteiger partial charge in [0, 0.05) is 6.54 Å². The molecule has 1 amide bonds. The number of nitrogens with zero attached hydrogens (tertiary/aromatic N) is 1. The highest BCUT2D eigenvalue weighted by atomic mass is 16.4. The van der Waals surface area contributed by atoms with Crippen molar-refractivity contribution in [2.24, 2.45) is 0 Å². The summed E-state index contributed by atoms with van der Waals surface area (Å²) in [5.41, 5.74) is 1.06. The Bertz CT molecular complexity index is 747. The number of benzene rings is 1. The minimum absolute atomic E-state index is 0.0120. The number of hydrogen-bond donors (Lipinski definition) is 1. The number of rotatable bonds is 4. The molecule has 2 heterocycles. The number of carboxylic acid groups (broad SMARTS) is 1. The van der Waals surface area contributed by atoms with Crippen LogP contribution in [0.1, 0.15) is 59.2 Å². The van der Waals surface area contributed by atoms with E-state index < -0.39 is 5.97 Å². The maximum absolute atomic E-state index is 12.9. The molecule has 0 bridgehead atoms. The Morgan fingerprint density at radius 3 is 2.52 bits per heavy atom. The first kappa shape index (κ1) is 17.3. The van der Waals surface area contributed by atoms with Crippen LogP contribution in [-0.2, 0) is 11.2 Å². The lowest BCUT2D eigenvalue weighted by atomic mass is 10.1. The van der Waals surface area contributed by atoms with Gasteiger partial charge in [0.05, 0.1) is 18.0 Å². The Hall–Kier alpha value is -2.56. The minimum Gasteiger partial charge on any atom is -0.478 e. The number of aryl methyl sites for hydroxylation is 1. The highest BCUT2D eigenvalue weighted by Gasteiger charge is 2.28. The molecular weight excluding hydrogens is 318 g/mol. The predicted octanol–water partition coefficient (Wildman–Crippen LogP) is 3.97. The van der Waals surface area contributed by atoms with Crippen molar-refractivity contribution >= 4 is 11.9 Å². The molecule has 0 spiro atoms. The van der Waals surface area contributed by atoms with Crippen LogP contribution in [0.2, 0.25) is 0 Å². The number of carboxylic acids is 1. The standard InChI is InChI=1S/C20H23NO4/c1-14-6-11-18(25-14)17-5-3-2-4-12-21(17)19(22)13-15-7-9-16(10-8-15)20(23)24/h6-11,17H,2-5,12-13H2,1H3,(H,23,24). The van der Waals surface area contributed by atoms with Crippen molar-refractivity contribution < 1.29 is 19.1 Å². The van der Waals surface area contributed by atoms with Gasteiger partial charge in [-0.25, -0.2) is 4.79 Å². The van der Waals surface area contributed by atoms with Gasteiger partial charge in [0.2, 0.25) is 5.91 Å². The van der Waals surface area contributed by atoms with Crippen LogP contribution in [0.25, 0.3) is 0 Å². The van der Waals surface area contributed by atoms with Crippen LogP contribution >= 0.6 is 0 Å². The number of amides is 1. The molecule has 5 heteroatoms. The molecule has 2 aromatic rings. The fraction of sp³-hybridized carbons (Fsp3) is 0.400. The van der Waals surface area contributed by atoms with E-state index in [1.54, 1.807) is 24.3 Å². The topological polar surface area (TPSA) is 70.8 Å². The molecule has 0 saturated carbocycles. The number of furan rings is 1. The summed E-state index contributed by atoms with van der Waals surface area (Å²) in [6, 6.07) is 10.4. The molecule has 1 N–H and O–H groups in total. The van der Waals surface area contributed by atoms with E-state index in [2.05, 4.69) is 0 Å². The summed E-state index contributed by atoms with van der Waals surface area (Å²) in [6.45, 7) is 2.65. The first-order valence-corrected chi connectivity index (χ1v) is 8.72. The van der Waals surface area contributed by atoms with Crippen LogP contribution in [0.5, 0.6) is 0 Å². The van der Waals surface area contributed by atoms with Crippen molar-refractivity contribution in [3.8, 4) is 0 Å². The van der Waals surface area contributed by atoms with Crippen molar-refractivity contribution in [2.45, 2.75) is 45.1 Å². The maximum atomic E-state index is 12.9. The van der Waals surface area contributed by atoms with Gasteiger partial charge in [-0.05, 0) is 49.6 Å². The van der Waals surface area contributed by atoms with Crippen LogP contribution in [0.3, 0.4) is 0 Å². The molecule has 1 aliphatic rings. The number of hydrogen-bond acceptors (Lipinski definition) is 3. The van der Waals surface area contributed by atoms with Crippen molar-refractivity contribution in [3.63, 3.8) is 0 Å². The summed E-state index contributed by atoms with van der Waals surface area (Å²) in [5.74, 6) is 0.813. The summed E-state index contributed by atoms with van der Waals surface area (Å²) in [6.07, 6.45) is 4.39. The fourth-order valence-electron chi connectivity index (χ4n) is 3.38.